The summed E-state index contributed by atoms with van der Waals surface area (Å²) in [6.07, 6.45) is 7.33. The maximum atomic E-state index is 12.7. The molecule has 29 heavy (non-hydrogen) atoms. The van der Waals surface area contributed by atoms with Crippen LogP contribution in [0.15, 0.2) is 29.2 Å². The Kier molecular flexibility index (Phi) is 5.42. The van der Waals surface area contributed by atoms with Gasteiger partial charge in [0, 0.05) is 32.0 Å². The monoisotopic (exact) mass is 394 g/mol. The molecule has 0 bridgehead atoms. The molecule has 0 radical (unpaired) electrons. The van der Waals surface area contributed by atoms with Crippen LogP contribution in [0.25, 0.3) is 11.3 Å². The van der Waals surface area contributed by atoms with Crippen molar-refractivity contribution < 1.29 is 9.32 Å². The fraction of sp³-hybridized carbons (Fsp3) is 0.476. The van der Waals surface area contributed by atoms with E-state index in [0.717, 1.165) is 67.2 Å². The van der Waals surface area contributed by atoms with E-state index in [0.29, 0.717) is 11.6 Å². The number of aryl methyl sites for hydroxylation is 3. The van der Waals surface area contributed by atoms with Crippen molar-refractivity contribution in [3.63, 3.8) is 0 Å². The summed E-state index contributed by atoms with van der Waals surface area (Å²) in [4.78, 5) is 23.5. The normalized spacial score (nSPS) is 17.3. The molecule has 1 atom stereocenters. The fourth-order valence-electron chi connectivity index (χ4n) is 4.05. The van der Waals surface area contributed by atoms with Crippen LogP contribution in [0, 0.1) is 19.8 Å². The van der Waals surface area contributed by atoms with Crippen molar-refractivity contribution in [2.75, 3.05) is 13.1 Å². The number of aromatic nitrogens is 5. The molecular weight excluding hydrogens is 368 g/mol. The van der Waals surface area contributed by atoms with E-state index in [1.807, 2.05) is 31.9 Å². The highest BCUT2D eigenvalue weighted by molar-refractivity contribution is 5.92. The van der Waals surface area contributed by atoms with Crippen molar-refractivity contribution in [1.29, 1.82) is 0 Å². The molecule has 0 aromatic carbocycles. The number of carbonyl (C=O) groups excluding carboxylic acids is 1. The van der Waals surface area contributed by atoms with Crippen LogP contribution >= 0.6 is 0 Å². The fourth-order valence-corrected chi connectivity index (χ4v) is 4.05. The zero-order chi connectivity index (χ0) is 20.4. The van der Waals surface area contributed by atoms with Crippen LogP contribution in [-0.2, 0) is 13.5 Å². The van der Waals surface area contributed by atoms with Gasteiger partial charge in [-0.2, -0.15) is 5.10 Å². The predicted octanol–water partition coefficient (Wildman–Crippen LogP) is 2.97. The van der Waals surface area contributed by atoms with Crippen LogP contribution in [0.3, 0.4) is 0 Å². The van der Waals surface area contributed by atoms with Gasteiger partial charge in [0.05, 0.1) is 17.0 Å². The minimum Gasteiger partial charge on any atom is -0.361 e. The number of carbonyl (C=O) groups is 1. The lowest BCUT2D eigenvalue weighted by Crippen LogP contribution is -2.32. The lowest BCUT2D eigenvalue weighted by molar-refractivity contribution is 0.0753. The van der Waals surface area contributed by atoms with E-state index < -0.39 is 0 Å². The molecule has 0 spiro atoms. The van der Waals surface area contributed by atoms with E-state index in [9.17, 15) is 4.79 Å². The maximum Gasteiger partial charge on any atom is 0.274 e. The van der Waals surface area contributed by atoms with Gasteiger partial charge in [0.1, 0.15) is 17.8 Å². The van der Waals surface area contributed by atoms with E-state index in [1.165, 1.54) is 0 Å². The largest absolute Gasteiger partial charge is 0.361 e. The second-order valence-electron chi connectivity index (χ2n) is 7.76. The Morgan fingerprint density at radius 2 is 2.10 bits per heavy atom. The standard InChI is InChI=1S/C21H26N6O2/c1-14-20(15(2)29-25-14)19-12-17(22-13-23-19)11-16-5-4-8-27(10-6-16)21(28)18-7-9-26(3)24-18/h7,9,12-13,16H,4-6,8,10-11H2,1-3H3/t16-/m0/s1. The topological polar surface area (TPSA) is 89.9 Å². The molecule has 1 aliphatic rings. The summed E-state index contributed by atoms with van der Waals surface area (Å²) in [5.41, 5.74) is 4.18. The van der Waals surface area contributed by atoms with E-state index >= 15 is 0 Å². The molecule has 8 nitrogen and oxygen atoms in total. The van der Waals surface area contributed by atoms with Crippen LogP contribution in [-0.4, -0.2) is 48.8 Å². The Bertz CT molecular complexity index is 989. The van der Waals surface area contributed by atoms with Crippen LogP contribution in [0.5, 0.6) is 0 Å². The summed E-state index contributed by atoms with van der Waals surface area (Å²) >= 11 is 0. The third-order valence-corrected chi connectivity index (χ3v) is 5.58. The van der Waals surface area contributed by atoms with Crippen molar-refractivity contribution in [1.82, 2.24) is 29.8 Å². The molecule has 1 aliphatic heterocycles. The first-order valence-corrected chi connectivity index (χ1v) is 10.0. The summed E-state index contributed by atoms with van der Waals surface area (Å²) in [5, 5.41) is 8.27. The average Bonchev–Trinajstić information content (AvgIpc) is 3.20. The highest BCUT2D eigenvalue weighted by Gasteiger charge is 2.23. The number of amides is 1. The molecule has 152 valence electrons. The summed E-state index contributed by atoms with van der Waals surface area (Å²) in [6.45, 7) is 5.35. The average molecular weight is 394 g/mol. The molecule has 3 aromatic rings. The number of likely N-dealkylation sites (tertiary alicyclic amines) is 1. The Hall–Kier alpha value is -3.03. The number of rotatable bonds is 4. The van der Waals surface area contributed by atoms with E-state index in [-0.39, 0.29) is 5.91 Å². The SMILES string of the molecule is Cc1noc(C)c1-c1cc(C[C@H]2CCCN(C(=O)c3ccn(C)n3)CC2)ncn1. The summed E-state index contributed by atoms with van der Waals surface area (Å²) in [5.74, 6) is 1.28. The van der Waals surface area contributed by atoms with Gasteiger partial charge in [-0.15, -0.1) is 0 Å². The summed E-state index contributed by atoms with van der Waals surface area (Å²) in [7, 11) is 1.83. The predicted molar refractivity (Wildman–Crippen MR) is 107 cm³/mol. The molecule has 1 fully saturated rings. The van der Waals surface area contributed by atoms with Gasteiger partial charge in [-0.3, -0.25) is 9.48 Å². The molecule has 4 rings (SSSR count). The summed E-state index contributed by atoms with van der Waals surface area (Å²) < 4.78 is 6.94. The lowest BCUT2D eigenvalue weighted by atomic mass is 9.94. The quantitative estimate of drug-likeness (QED) is 0.676. The second kappa shape index (κ2) is 8.14. The van der Waals surface area contributed by atoms with Gasteiger partial charge in [0.2, 0.25) is 0 Å². The molecule has 8 heteroatoms. The van der Waals surface area contributed by atoms with Crippen LogP contribution < -0.4 is 0 Å². The number of hydrogen-bond acceptors (Lipinski definition) is 6. The third kappa shape index (κ3) is 4.21. The van der Waals surface area contributed by atoms with E-state index in [2.05, 4.69) is 20.2 Å². The zero-order valence-corrected chi connectivity index (χ0v) is 17.1. The Morgan fingerprint density at radius 1 is 1.24 bits per heavy atom. The minimum atomic E-state index is 0.0222. The van der Waals surface area contributed by atoms with Crippen molar-refractivity contribution in [2.45, 2.75) is 39.5 Å². The lowest BCUT2D eigenvalue weighted by Gasteiger charge is -2.19. The molecule has 4 heterocycles. The van der Waals surface area contributed by atoms with Gasteiger partial charge in [-0.05, 0) is 57.6 Å². The number of nitrogens with zero attached hydrogens (tertiary/aromatic N) is 6. The van der Waals surface area contributed by atoms with Crippen LogP contribution in [0.2, 0.25) is 0 Å². The van der Waals surface area contributed by atoms with Gasteiger partial charge in [-0.25, -0.2) is 9.97 Å². The van der Waals surface area contributed by atoms with Gasteiger partial charge < -0.3 is 9.42 Å². The van der Waals surface area contributed by atoms with Crippen LogP contribution in [0.4, 0.5) is 0 Å². The number of hydrogen-bond donors (Lipinski definition) is 0. The molecule has 1 saturated heterocycles. The van der Waals surface area contributed by atoms with Crippen molar-refractivity contribution in [3.8, 4) is 11.3 Å². The highest BCUT2D eigenvalue weighted by Crippen LogP contribution is 2.27. The smallest absolute Gasteiger partial charge is 0.274 e. The van der Waals surface area contributed by atoms with Crippen molar-refractivity contribution in [3.05, 3.63) is 47.5 Å². The van der Waals surface area contributed by atoms with Crippen LogP contribution in [0.1, 0.15) is 46.9 Å². The molecule has 3 aromatic heterocycles. The molecule has 0 aliphatic carbocycles. The Labute approximate surface area is 169 Å². The third-order valence-electron chi connectivity index (χ3n) is 5.58. The first-order chi connectivity index (χ1) is 14.0. The summed E-state index contributed by atoms with van der Waals surface area (Å²) in [6, 6.07) is 3.82. The molecule has 0 saturated carbocycles. The molecule has 1 amide bonds. The molecular formula is C21H26N6O2. The van der Waals surface area contributed by atoms with Crippen molar-refractivity contribution >= 4 is 5.91 Å². The molecule has 0 N–H and O–H groups in total. The van der Waals surface area contributed by atoms with Gasteiger partial charge >= 0.3 is 0 Å². The van der Waals surface area contributed by atoms with Gasteiger partial charge in [0.15, 0.2) is 0 Å². The Balaban J connectivity index is 1.42. The van der Waals surface area contributed by atoms with Gasteiger partial charge in [-0.1, -0.05) is 5.16 Å². The van der Waals surface area contributed by atoms with E-state index in [1.54, 1.807) is 23.3 Å². The maximum absolute atomic E-state index is 12.7. The highest BCUT2D eigenvalue weighted by atomic mass is 16.5. The Morgan fingerprint density at radius 3 is 2.83 bits per heavy atom. The van der Waals surface area contributed by atoms with E-state index in [4.69, 9.17) is 4.52 Å². The second-order valence-corrected chi connectivity index (χ2v) is 7.76. The first kappa shape index (κ1) is 19.3. The van der Waals surface area contributed by atoms with Gasteiger partial charge in [0.25, 0.3) is 5.91 Å². The first-order valence-electron chi connectivity index (χ1n) is 10.0. The minimum absolute atomic E-state index is 0.0222. The van der Waals surface area contributed by atoms with Crippen molar-refractivity contribution in [2.24, 2.45) is 13.0 Å². The zero-order valence-electron chi connectivity index (χ0n) is 17.1. The molecule has 0 unspecified atom stereocenters.